The normalized spacial score (nSPS) is 9.29. The summed E-state index contributed by atoms with van der Waals surface area (Å²) < 4.78 is 9.61. The van der Waals surface area contributed by atoms with Crippen LogP contribution in [0.5, 0.6) is 11.5 Å². The lowest BCUT2D eigenvalue weighted by atomic mass is 10.3. The van der Waals surface area contributed by atoms with Gasteiger partial charge >= 0.3 is 11.9 Å². The summed E-state index contributed by atoms with van der Waals surface area (Å²) in [6.45, 7) is 2.61. The van der Waals surface area contributed by atoms with Crippen molar-refractivity contribution in [3.05, 3.63) is 24.3 Å². The molecule has 0 N–H and O–H groups in total. The molecule has 0 saturated carbocycles. The molecule has 1 aromatic carbocycles. The van der Waals surface area contributed by atoms with Crippen molar-refractivity contribution in [2.75, 3.05) is 0 Å². The third-order valence-corrected chi connectivity index (χ3v) is 1.33. The van der Waals surface area contributed by atoms with Gasteiger partial charge in [0, 0.05) is 19.9 Å². The van der Waals surface area contributed by atoms with Crippen LogP contribution in [0.1, 0.15) is 13.8 Å². The molecule has 1 rings (SSSR count). The first-order chi connectivity index (χ1) is 6.58. The van der Waals surface area contributed by atoms with Crippen molar-refractivity contribution in [1.29, 1.82) is 0 Å². The summed E-state index contributed by atoms with van der Waals surface area (Å²) in [6.07, 6.45) is 0. The largest absolute Gasteiger partial charge is 0.427 e. The van der Waals surface area contributed by atoms with Gasteiger partial charge in [0.1, 0.15) is 11.5 Å². The molecule has 0 aliphatic rings. The van der Waals surface area contributed by atoms with Crippen LogP contribution in [0.15, 0.2) is 24.3 Å². The molecule has 0 fully saturated rings. The van der Waals surface area contributed by atoms with E-state index in [-0.39, 0.29) is 0 Å². The lowest BCUT2D eigenvalue weighted by Gasteiger charge is -2.03. The molecule has 0 radical (unpaired) electrons. The van der Waals surface area contributed by atoms with Gasteiger partial charge in [-0.15, -0.1) is 0 Å². The number of hydrogen-bond donors (Lipinski definition) is 0. The number of benzene rings is 1. The Kier molecular flexibility index (Phi) is 3.23. The second kappa shape index (κ2) is 4.41. The van der Waals surface area contributed by atoms with Gasteiger partial charge in [-0.25, -0.2) is 0 Å². The highest BCUT2D eigenvalue weighted by atomic mass is 16.5. The van der Waals surface area contributed by atoms with Gasteiger partial charge in [0.25, 0.3) is 0 Å². The third kappa shape index (κ3) is 3.26. The predicted octanol–water partition coefficient (Wildman–Crippen LogP) is 1.54. The average molecular weight is 194 g/mol. The zero-order valence-corrected chi connectivity index (χ0v) is 7.94. The van der Waals surface area contributed by atoms with E-state index in [0.717, 1.165) is 0 Å². The molecule has 14 heavy (non-hydrogen) atoms. The Labute approximate surface area is 81.4 Å². The molecule has 0 aromatic heterocycles. The maximum Gasteiger partial charge on any atom is 0.308 e. The average Bonchev–Trinajstić information content (AvgIpc) is 2.01. The quantitative estimate of drug-likeness (QED) is 0.529. The highest BCUT2D eigenvalue weighted by Crippen LogP contribution is 2.19. The molecular formula is C10H10O4. The maximum absolute atomic E-state index is 10.6. The predicted molar refractivity (Wildman–Crippen MR) is 49.1 cm³/mol. The van der Waals surface area contributed by atoms with E-state index in [2.05, 4.69) is 0 Å². The number of carbonyl (C=O) groups is 2. The number of carbonyl (C=O) groups excluding carboxylic acids is 2. The fourth-order valence-corrected chi connectivity index (χ4v) is 0.933. The highest BCUT2D eigenvalue weighted by molar-refractivity contribution is 5.71. The van der Waals surface area contributed by atoms with Gasteiger partial charge in [-0.3, -0.25) is 9.59 Å². The molecule has 0 aliphatic carbocycles. The summed E-state index contributed by atoms with van der Waals surface area (Å²) in [5.74, 6) is -0.109. The molecule has 0 saturated heterocycles. The molecule has 0 amide bonds. The van der Waals surface area contributed by atoms with Crippen molar-refractivity contribution in [3.8, 4) is 11.5 Å². The van der Waals surface area contributed by atoms with E-state index in [0.29, 0.717) is 11.5 Å². The van der Waals surface area contributed by atoms with Crippen LogP contribution >= 0.6 is 0 Å². The second-order valence-corrected chi connectivity index (χ2v) is 2.66. The smallest absolute Gasteiger partial charge is 0.308 e. The summed E-state index contributed by atoms with van der Waals surface area (Å²) >= 11 is 0. The van der Waals surface area contributed by atoms with Crippen molar-refractivity contribution in [2.24, 2.45) is 0 Å². The monoisotopic (exact) mass is 194 g/mol. The van der Waals surface area contributed by atoms with Gasteiger partial charge in [0.2, 0.25) is 0 Å². The minimum absolute atomic E-state index is 0.358. The zero-order chi connectivity index (χ0) is 10.6. The minimum atomic E-state index is -0.412. The van der Waals surface area contributed by atoms with Crippen LogP contribution in [0.3, 0.4) is 0 Å². The van der Waals surface area contributed by atoms with E-state index < -0.39 is 11.9 Å². The van der Waals surface area contributed by atoms with Crippen molar-refractivity contribution in [3.63, 3.8) is 0 Å². The first kappa shape index (κ1) is 10.2. The van der Waals surface area contributed by atoms with Crippen LogP contribution in [-0.4, -0.2) is 11.9 Å². The molecular weight excluding hydrogens is 184 g/mol. The summed E-state index contributed by atoms with van der Waals surface area (Å²) in [5, 5.41) is 0. The lowest BCUT2D eigenvalue weighted by molar-refractivity contribution is -0.132. The molecule has 1 aromatic rings. The Balaban J connectivity index is 2.78. The maximum atomic E-state index is 10.6. The molecule has 74 valence electrons. The number of ether oxygens (including phenoxy) is 2. The molecule has 0 bridgehead atoms. The van der Waals surface area contributed by atoms with Crippen molar-refractivity contribution >= 4 is 11.9 Å². The fourth-order valence-electron chi connectivity index (χ4n) is 0.933. The number of hydrogen-bond acceptors (Lipinski definition) is 4. The van der Waals surface area contributed by atoms with E-state index >= 15 is 0 Å². The zero-order valence-electron chi connectivity index (χ0n) is 7.94. The fraction of sp³-hybridized carbons (Fsp3) is 0.200. The first-order valence-electron chi connectivity index (χ1n) is 4.05. The van der Waals surface area contributed by atoms with E-state index in [1.165, 1.54) is 19.9 Å². The summed E-state index contributed by atoms with van der Waals surface area (Å²) in [7, 11) is 0. The molecule has 4 nitrogen and oxygen atoms in total. The van der Waals surface area contributed by atoms with E-state index in [1.807, 2.05) is 0 Å². The molecule has 0 spiro atoms. The molecule has 0 unspecified atom stereocenters. The van der Waals surface area contributed by atoms with Crippen molar-refractivity contribution in [1.82, 2.24) is 0 Å². The number of rotatable bonds is 2. The van der Waals surface area contributed by atoms with Gasteiger partial charge in [-0.1, -0.05) is 6.07 Å². The Morgan fingerprint density at radius 2 is 1.43 bits per heavy atom. The second-order valence-electron chi connectivity index (χ2n) is 2.66. The highest BCUT2D eigenvalue weighted by Gasteiger charge is 2.01. The Bertz CT molecular complexity index is 326. The Morgan fingerprint density at radius 1 is 1.00 bits per heavy atom. The summed E-state index contributed by atoms with van der Waals surface area (Å²) in [4.78, 5) is 21.2. The Hall–Kier alpha value is -1.84. The molecule has 0 aliphatic heterocycles. The van der Waals surface area contributed by atoms with Crippen LogP contribution in [0.2, 0.25) is 0 Å². The SMILES string of the molecule is CC(=O)Oc1cccc(OC(C)=O)c1. The van der Waals surface area contributed by atoms with Crippen molar-refractivity contribution in [2.45, 2.75) is 13.8 Å². The molecule has 4 heteroatoms. The minimum Gasteiger partial charge on any atom is -0.427 e. The van der Waals surface area contributed by atoms with Gasteiger partial charge in [0.15, 0.2) is 0 Å². The van der Waals surface area contributed by atoms with Gasteiger partial charge in [-0.05, 0) is 12.1 Å². The molecule has 0 heterocycles. The van der Waals surface area contributed by atoms with Crippen molar-refractivity contribution < 1.29 is 19.1 Å². The lowest BCUT2D eigenvalue weighted by Crippen LogP contribution is -2.03. The van der Waals surface area contributed by atoms with Crippen LogP contribution in [0, 0.1) is 0 Å². The van der Waals surface area contributed by atoms with Gasteiger partial charge < -0.3 is 9.47 Å². The topological polar surface area (TPSA) is 52.6 Å². The van der Waals surface area contributed by atoms with Crippen LogP contribution in [0.4, 0.5) is 0 Å². The molecule has 0 atom stereocenters. The van der Waals surface area contributed by atoms with Crippen LogP contribution in [-0.2, 0) is 9.59 Å². The Morgan fingerprint density at radius 3 is 1.79 bits per heavy atom. The number of esters is 2. The van der Waals surface area contributed by atoms with Crippen LogP contribution in [0.25, 0.3) is 0 Å². The van der Waals surface area contributed by atoms with Crippen LogP contribution < -0.4 is 9.47 Å². The summed E-state index contributed by atoms with van der Waals surface area (Å²) in [6, 6.07) is 6.32. The van der Waals surface area contributed by atoms with E-state index in [4.69, 9.17) is 9.47 Å². The van der Waals surface area contributed by atoms with E-state index in [9.17, 15) is 9.59 Å². The van der Waals surface area contributed by atoms with Gasteiger partial charge in [-0.2, -0.15) is 0 Å². The summed E-state index contributed by atoms with van der Waals surface area (Å²) in [5.41, 5.74) is 0. The first-order valence-corrected chi connectivity index (χ1v) is 4.05. The third-order valence-electron chi connectivity index (χ3n) is 1.33. The van der Waals surface area contributed by atoms with Gasteiger partial charge in [0.05, 0.1) is 0 Å². The standard InChI is InChI=1S/C10H10O4/c1-7(11)13-9-4-3-5-10(6-9)14-8(2)12/h3-6H,1-2H3. The van der Waals surface area contributed by atoms with E-state index in [1.54, 1.807) is 18.2 Å².